The molecule has 0 radical (unpaired) electrons. The van der Waals surface area contributed by atoms with Crippen LogP contribution < -0.4 is 16.0 Å². The molecule has 0 spiro atoms. The largest absolute Gasteiger partial charge is 0.338 e. The number of amides is 4. The molecule has 0 atom stereocenters. The number of carbonyl (C=O) groups excluding carboxylic acids is 2. The summed E-state index contributed by atoms with van der Waals surface area (Å²) in [4.78, 5) is 41.2. The van der Waals surface area contributed by atoms with Crippen LogP contribution in [0.1, 0.15) is 6.92 Å². The molecule has 2 heterocycles. The number of hydrogen-bond acceptors (Lipinski definition) is 5. The van der Waals surface area contributed by atoms with Crippen molar-refractivity contribution in [2.75, 3.05) is 31.3 Å². The van der Waals surface area contributed by atoms with Crippen LogP contribution in [-0.4, -0.2) is 57.5 Å². The highest BCUT2D eigenvalue weighted by atomic mass is 16.2. The normalized spacial score (nSPS) is 10.5. The van der Waals surface area contributed by atoms with Gasteiger partial charge in [-0.1, -0.05) is 0 Å². The third-order valence-electron chi connectivity index (χ3n) is 3.63. The maximum Gasteiger partial charge on any atom is 0.321 e. The average molecular weight is 368 g/mol. The lowest BCUT2D eigenvalue weighted by molar-refractivity contribution is 0.230. The van der Waals surface area contributed by atoms with E-state index in [1.54, 1.807) is 44.7 Å². The predicted molar refractivity (Wildman–Crippen MR) is 103 cm³/mol. The molecule has 10 heteroatoms. The van der Waals surface area contributed by atoms with Gasteiger partial charge in [-0.15, -0.1) is 0 Å². The fourth-order valence-corrected chi connectivity index (χ4v) is 2.41. The molecule has 3 aromatic rings. The molecule has 10 nitrogen and oxygen atoms in total. The van der Waals surface area contributed by atoms with Crippen LogP contribution in [0, 0.1) is 0 Å². The number of rotatable bonds is 4. The third kappa shape index (κ3) is 4.11. The fraction of sp³-hybridized carbons (Fsp3) is 0.235. The van der Waals surface area contributed by atoms with Gasteiger partial charge in [0.2, 0.25) is 5.95 Å². The van der Waals surface area contributed by atoms with Gasteiger partial charge in [0.25, 0.3) is 0 Å². The standard InChI is InChI=1S/C17H20N8O2/c1-4-18-16(26)24-15-22-12-9-10(21-17(27)25(2)3)8-11(13(12)23-15)14-19-6-5-7-20-14/h5-9H,4H2,1-3H3,(H,21,27)(H3,18,22,23,24,26). The molecule has 0 unspecified atom stereocenters. The van der Waals surface area contributed by atoms with Crippen LogP contribution >= 0.6 is 0 Å². The van der Waals surface area contributed by atoms with Crippen molar-refractivity contribution in [2.45, 2.75) is 6.92 Å². The minimum Gasteiger partial charge on any atom is -0.338 e. The number of H-pyrrole nitrogens is 1. The van der Waals surface area contributed by atoms with E-state index in [1.807, 2.05) is 6.92 Å². The van der Waals surface area contributed by atoms with Gasteiger partial charge in [-0.3, -0.25) is 5.32 Å². The Balaban J connectivity index is 2.06. The molecule has 1 aromatic carbocycles. The molecule has 0 saturated heterocycles. The molecule has 3 rings (SSSR count). The second kappa shape index (κ2) is 7.68. The molecule has 0 aliphatic carbocycles. The first kappa shape index (κ1) is 18.1. The zero-order valence-corrected chi connectivity index (χ0v) is 15.2. The number of fused-ring (bicyclic) bond motifs is 1. The summed E-state index contributed by atoms with van der Waals surface area (Å²) in [5.74, 6) is 0.751. The number of aromatic nitrogens is 4. The van der Waals surface area contributed by atoms with Crippen LogP contribution in [0.15, 0.2) is 30.6 Å². The van der Waals surface area contributed by atoms with E-state index in [9.17, 15) is 9.59 Å². The zero-order chi connectivity index (χ0) is 19.4. The van der Waals surface area contributed by atoms with E-state index >= 15 is 0 Å². The van der Waals surface area contributed by atoms with Crippen molar-refractivity contribution in [3.63, 3.8) is 0 Å². The Kier molecular flexibility index (Phi) is 5.15. The quantitative estimate of drug-likeness (QED) is 0.561. The second-order valence-electron chi connectivity index (χ2n) is 5.88. The number of aromatic amines is 1. The summed E-state index contributed by atoms with van der Waals surface area (Å²) in [6.45, 7) is 2.32. The summed E-state index contributed by atoms with van der Waals surface area (Å²) < 4.78 is 0. The van der Waals surface area contributed by atoms with Gasteiger partial charge in [0.15, 0.2) is 5.82 Å². The number of urea groups is 2. The van der Waals surface area contributed by atoms with Gasteiger partial charge in [-0.05, 0) is 25.1 Å². The van der Waals surface area contributed by atoms with E-state index in [1.165, 1.54) is 4.90 Å². The van der Waals surface area contributed by atoms with Gasteiger partial charge in [0.1, 0.15) is 0 Å². The summed E-state index contributed by atoms with van der Waals surface area (Å²) >= 11 is 0. The van der Waals surface area contributed by atoms with Crippen LogP contribution in [0.3, 0.4) is 0 Å². The van der Waals surface area contributed by atoms with Crippen molar-refractivity contribution in [1.82, 2.24) is 30.2 Å². The van der Waals surface area contributed by atoms with Crippen LogP contribution in [-0.2, 0) is 0 Å². The predicted octanol–water partition coefficient (Wildman–Crippen LogP) is 2.25. The van der Waals surface area contributed by atoms with Gasteiger partial charge in [-0.2, -0.15) is 0 Å². The molecule has 0 fully saturated rings. The summed E-state index contributed by atoms with van der Waals surface area (Å²) in [7, 11) is 3.30. The monoisotopic (exact) mass is 368 g/mol. The van der Waals surface area contributed by atoms with Gasteiger partial charge in [0.05, 0.1) is 11.0 Å². The van der Waals surface area contributed by atoms with Crippen molar-refractivity contribution < 1.29 is 9.59 Å². The Morgan fingerprint density at radius 2 is 1.89 bits per heavy atom. The Hall–Kier alpha value is -3.69. The van der Waals surface area contributed by atoms with Crippen molar-refractivity contribution in [1.29, 1.82) is 0 Å². The molecule has 27 heavy (non-hydrogen) atoms. The summed E-state index contributed by atoms with van der Waals surface area (Å²) in [5.41, 5.74) is 2.40. The first-order chi connectivity index (χ1) is 13.0. The van der Waals surface area contributed by atoms with Crippen LogP contribution in [0.4, 0.5) is 21.2 Å². The Labute approximate surface area is 155 Å². The smallest absolute Gasteiger partial charge is 0.321 e. The van der Waals surface area contributed by atoms with Gasteiger partial charge in [-0.25, -0.2) is 24.5 Å². The van der Waals surface area contributed by atoms with Crippen molar-refractivity contribution in [3.05, 3.63) is 30.6 Å². The first-order valence-corrected chi connectivity index (χ1v) is 8.32. The maximum atomic E-state index is 12.0. The van der Waals surface area contributed by atoms with Gasteiger partial charge in [0, 0.05) is 44.3 Å². The van der Waals surface area contributed by atoms with Crippen molar-refractivity contribution >= 4 is 34.7 Å². The lowest BCUT2D eigenvalue weighted by Gasteiger charge is -2.13. The van der Waals surface area contributed by atoms with Crippen molar-refractivity contribution in [3.8, 4) is 11.4 Å². The summed E-state index contributed by atoms with van der Waals surface area (Å²) in [5, 5.41) is 8.07. The Morgan fingerprint density at radius 3 is 2.56 bits per heavy atom. The van der Waals surface area contributed by atoms with Crippen molar-refractivity contribution in [2.24, 2.45) is 0 Å². The highest BCUT2D eigenvalue weighted by Crippen LogP contribution is 2.30. The van der Waals surface area contributed by atoms with E-state index in [0.29, 0.717) is 34.7 Å². The molecular weight excluding hydrogens is 348 g/mol. The molecule has 0 aliphatic rings. The minimum atomic E-state index is -0.366. The molecular formula is C17H20N8O2. The molecule has 2 aromatic heterocycles. The molecule has 0 bridgehead atoms. The molecule has 0 aliphatic heterocycles. The fourth-order valence-electron chi connectivity index (χ4n) is 2.41. The minimum absolute atomic E-state index is 0.273. The highest BCUT2D eigenvalue weighted by molar-refractivity contribution is 5.99. The maximum absolute atomic E-state index is 12.0. The number of carbonyl (C=O) groups is 2. The van der Waals surface area contributed by atoms with E-state index in [0.717, 1.165) is 0 Å². The van der Waals surface area contributed by atoms with Crippen LogP contribution in [0.25, 0.3) is 22.4 Å². The molecule has 4 amide bonds. The van der Waals surface area contributed by atoms with E-state index in [2.05, 4.69) is 35.9 Å². The number of anilines is 2. The molecule has 4 N–H and O–H groups in total. The average Bonchev–Trinajstić information content (AvgIpc) is 3.03. The van der Waals surface area contributed by atoms with Crippen LogP contribution in [0.2, 0.25) is 0 Å². The van der Waals surface area contributed by atoms with E-state index in [-0.39, 0.29) is 18.0 Å². The van der Waals surface area contributed by atoms with Crippen LogP contribution in [0.5, 0.6) is 0 Å². The Bertz CT molecular complexity index is 968. The van der Waals surface area contributed by atoms with Gasteiger partial charge >= 0.3 is 12.1 Å². The number of benzene rings is 1. The van der Waals surface area contributed by atoms with Gasteiger partial charge < -0.3 is 20.5 Å². The number of nitrogens with zero attached hydrogens (tertiary/aromatic N) is 4. The Morgan fingerprint density at radius 1 is 1.15 bits per heavy atom. The lowest BCUT2D eigenvalue weighted by Crippen LogP contribution is -2.28. The molecule has 140 valence electrons. The lowest BCUT2D eigenvalue weighted by atomic mass is 10.1. The number of hydrogen-bond donors (Lipinski definition) is 4. The third-order valence-corrected chi connectivity index (χ3v) is 3.63. The highest BCUT2D eigenvalue weighted by Gasteiger charge is 2.15. The van der Waals surface area contributed by atoms with E-state index < -0.39 is 0 Å². The topological polar surface area (TPSA) is 128 Å². The summed E-state index contributed by atoms with van der Waals surface area (Å²) in [6.07, 6.45) is 3.26. The zero-order valence-electron chi connectivity index (χ0n) is 15.2. The SMILES string of the molecule is CCNC(=O)Nc1nc2cc(NC(=O)N(C)C)cc(-c3ncccn3)c2[nH]1. The summed E-state index contributed by atoms with van der Waals surface area (Å²) in [6, 6.07) is 4.55. The second-order valence-corrected chi connectivity index (χ2v) is 5.88. The molecule has 0 saturated carbocycles. The first-order valence-electron chi connectivity index (χ1n) is 8.32. The van der Waals surface area contributed by atoms with E-state index in [4.69, 9.17) is 0 Å². The number of nitrogens with one attached hydrogen (secondary N) is 4. The number of imidazole rings is 1.